The molecule has 1 aliphatic heterocycles. The van der Waals surface area contributed by atoms with Crippen LogP contribution in [0.4, 0.5) is 11.6 Å². The average Bonchev–Trinajstić information content (AvgIpc) is 2.87. The molecule has 10 nitrogen and oxygen atoms in total. The van der Waals surface area contributed by atoms with E-state index in [4.69, 9.17) is 10.4 Å². The minimum absolute atomic E-state index is 0.0406. The van der Waals surface area contributed by atoms with Gasteiger partial charge in [-0.15, -0.1) is 0 Å². The SMILES string of the molecule is Cc1cc(C)c(CNC(=O)c2cc(-c3ccc(N4CCN(C)CC4)nc3)nc(NC(C)C)c2C=N)c(=O)[nH]1. The number of aromatic amines is 1. The van der Waals surface area contributed by atoms with Crippen LogP contribution >= 0.6 is 0 Å². The predicted octanol–water partition coefficient (Wildman–Crippen LogP) is 2.95. The highest BCUT2D eigenvalue weighted by Gasteiger charge is 2.20. The summed E-state index contributed by atoms with van der Waals surface area (Å²) in [6.07, 6.45) is 2.91. The number of nitrogens with zero attached hydrogens (tertiary/aromatic N) is 4. The van der Waals surface area contributed by atoms with Crippen molar-refractivity contribution in [3.63, 3.8) is 0 Å². The molecule has 0 aliphatic carbocycles. The highest BCUT2D eigenvalue weighted by Crippen LogP contribution is 2.26. The van der Waals surface area contributed by atoms with E-state index in [-0.39, 0.29) is 24.1 Å². The lowest BCUT2D eigenvalue weighted by Gasteiger charge is -2.33. The highest BCUT2D eigenvalue weighted by molar-refractivity contribution is 6.05. The molecule has 1 fully saturated rings. The summed E-state index contributed by atoms with van der Waals surface area (Å²) < 4.78 is 0. The van der Waals surface area contributed by atoms with Gasteiger partial charge in [-0.3, -0.25) is 9.59 Å². The average molecular weight is 517 g/mol. The molecule has 0 bridgehead atoms. The first-order valence-electron chi connectivity index (χ1n) is 12.9. The normalized spacial score (nSPS) is 14.0. The molecule has 4 heterocycles. The van der Waals surface area contributed by atoms with Crippen molar-refractivity contribution in [3.8, 4) is 11.3 Å². The molecule has 0 radical (unpaired) electrons. The smallest absolute Gasteiger partial charge is 0.253 e. The Labute approximate surface area is 223 Å². The Morgan fingerprint density at radius 2 is 1.92 bits per heavy atom. The fraction of sp³-hybridized carbons (Fsp3) is 0.393. The van der Waals surface area contributed by atoms with Crippen molar-refractivity contribution in [2.75, 3.05) is 43.4 Å². The number of pyridine rings is 3. The van der Waals surface area contributed by atoms with Crippen molar-refractivity contribution in [1.29, 1.82) is 5.41 Å². The lowest BCUT2D eigenvalue weighted by atomic mass is 10.0. The zero-order valence-corrected chi connectivity index (χ0v) is 22.7. The van der Waals surface area contributed by atoms with E-state index in [1.54, 1.807) is 12.3 Å². The van der Waals surface area contributed by atoms with Crippen LogP contribution in [0.3, 0.4) is 0 Å². The van der Waals surface area contributed by atoms with Crippen molar-refractivity contribution in [3.05, 3.63) is 68.8 Å². The summed E-state index contributed by atoms with van der Waals surface area (Å²) >= 11 is 0. The van der Waals surface area contributed by atoms with E-state index in [2.05, 4.69) is 37.4 Å². The minimum atomic E-state index is -0.389. The van der Waals surface area contributed by atoms with Crippen LogP contribution in [0, 0.1) is 19.3 Å². The summed E-state index contributed by atoms with van der Waals surface area (Å²) in [4.78, 5) is 42.6. The van der Waals surface area contributed by atoms with Gasteiger partial charge < -0.3 is 30.8 Å². The maximum Gasteiger partial charge on any atom is 0.253 e. The van der Waals surface area contributed by atoms with E-state index < -0.39 is 0 Å². The second kappa shape index (κ2) is 11.6. The molecule has 1 amide bonds. The van der Waals surface area contributed by atoms with Gasteiger partial charge in [0.05, 0.1) is 11.3 Å². The van der Waals surface area contributed by atoms with E-state index >= 15 is 0 Å². The minimum Gasteiger partial charge on any atom is -0.367 e. The number of carbonyl (C=O) groups excluding carboxylic acids is 1. The first kappa shape index (κ1) is 27.0. The topological polar surface area (TPSA) is 130 Å². The fourth-order valence-corrected chi connectivity index (χ4v) is 4.55. The summed E-state index contributed by atoms with van der Waals surface area (Å²) in [5, 5.41) is 14.1. The summed E-state index contributed by atoms with van der Waals surface area (Å²) in [6.45, 7) is 11.5. The molecule has 3 aromatic rings. The number of likely N-dealkylation sites (N-methyl/N-ethyl adjacent to an activating group) is 1. The molecule has 3 aromatic heterocycles. The third-order valence-electron chi connectivity index (χ3n) is 6.66. The maximum absolute atomic E-state index is 13.4. The molecule has 4 N–H and O–H groups in total. The second-order valence-electron chi connectivity index (χ2n) is 10.1. The van der Waals surface area contributed by atoms with Gasteiger partial charge in [0.25, 0.3) is 11.5 Å². The highest BCUT2D eigenvalue weighted by atomic mass is 16.1. The zero-order valence-electron chi connectivity index (χ0n) is 22.7. The van der Waals surface area contributed by atoms with Crippen molar-refractivity contribution in [2.45, 2.75) is 40.3 Å². The Balaban J connectivity index is 1.65. The quantitative estimate of drug-likeness (QED) is 0.339. The molecule has 0 saturated carbocycles. The molecule has 4 rings (SSSR count). The molecular weight excluding hydrogens is 480 g/mol. The van der Waals surface area contributed by atoms with Crippen molar-refractivity contribution >= 4 is 23.8 Å². The number of aryl methyl sites for hydroxylation is 2. The monoisotopic (exact) mass is 516 g/mol. The van der Waals surface area contributed by atoms with E-state index in [0.29, 0.717) is 28.2 Å². The Hall–Kier alpha value is -4.05. The summed E-state index contributed by atoms with van der Waals surface area (Å²) in [5.41, 5.74) is 3.89. The molecule has 38 heavy (non-hydrogen) atoms. The van der Waals surface area contributed by atoms with Gasteiger partial charge in [0.2, 0.25) is 0 Å². The van der Waals surface area contributed by atoms with Gasteiger partial charge in [0, 0.05) is 73.6 Å². The number of rotatable bonds is 8. The summed E-state index contributed by atoms with van der Waals surface area (Å²) in [7, 11) is 2.12. The number of hydrogen-bond acceptors (Lipinski definition) is 8. The number of carbonyl (C=O) groups is 1. The third-order valence-corrected chi connectivity index (χ3v) is 6.66. The van der Waals surface area contributed by atoms with Crippen LogP contribution in [0.5, 0.6) is 0 Å². The van der Waals surface area contributed by atoms with Gasteiger partial charge >= 0.3 is 0 Å². The third kappa shape index (κ3) is 6.08. The van der Waals surface area contributed by atoms with Crippen LogP contribution in [0.25, 0.3) is 11.3 Å². The summed E-state index contributed by atoms with van der Waals surface area (Å²) in [5.74, 6) is 0.973. The van der Waals surface area contributed by atoms with E-state index in [1.165, 1.54) is 0 Å². The predicted molar refractivity (Wildman–Crippen MR) is 152 cm³/mol. The van der Waals surface area contributed by atoms with Crippen LogP contribution < -0.4 is 21.1 Å². The van der Waals surface area contributed by atoms with Gasteiger partial charge in [-0.2, -0.15) is 0 Å². The lowest BCUT2D eigenvalue weighted by molar-refractivity contribution is 0.0950. The number of amides is 1. The molecule has 0 atom stereocenters. The fourth-order valence-electron chi connectivity index (χ4n) is 4.55. The van der Waals surface area contributed by atoms with Gasteiger partial charge in [-0.1, -0.05) is 0 Å². The van der Waals surface area contributed by atoms with Gasteiger partial charge in [-0.05, 0) is 64.6 Å². The Morgan fingerprint density at radius 1 is 1.18 bits per heavy atom. The largest absolute Gasteiger partial charge is 0.367 e. The number of hydrogen-bond donors (Lipinski definition) is 4. The van der Waals surface area contributed by atoms with Crippen LogP contribution in [0.15, 0.2) is 35.3 Å². The number of nitrogens with one attached hydrogen (secondary N) is 4. The Kier molecular flexibility index (Phi) is 8.21. The molecule has 1 aliphatic rings. The molecular formula is C28H36N8O2. The number of piperazine rings is 1. The van der Waals surface area contributed by atoms with Crippen LogP contribution in [-0.4, -0.2) is 71.2 Å². The van der Waals surface area contributed by atoms with E-state index in [1.807, 2.05) is 45.9 Å². The Bertz CT molecular complexity index is 1370. The van der Waals surface area contributed by atoms with Crippen molar-refractivity contribution < 1.29 is 4.79 Å². The lowest BCUT2D eigenvalue weighted by Crippen LogP contribution is -2.44. The van der Waals surface area contributed by atoms with Crippen molar-refractivity contribution in [2.24, 2.45) is 0 Å². The van der Waals surface area contributed by atoms with E-state index in [0.717, 1.165) is 55.0 Å². The number of aromatic nitrogens is 3. The zero-order chi connectivity index (χ0) is 27.4. The van der Waals surface area contributed by atoms with Gasteiger partial charge in [0.1, 0.15) is 11.6 Å². The number of H-pyrrole nitrogens is 1. The molecule has 1 saturated heterocycles. The van der Waals surface area contributed by atoms with Crippen molar-refractivity contribution in [1.82, 2.24) is 25.2 Å². The van der Waals surface area contributed by atoms with Gasteiger partial charge in [-0.25, -0.2) is 9.97 Å². The van der Waals surface area contributed by atoms with E-state index in [9.17, 15) is 9.59 Å². The van der Waals surface area contributed by atoms with Crippen LogP contribution in [0.1, 0.15) is 46.6 Å². The molecule has 200 valence electrons. The Morgan fingerprint density at radius 3 is 2.53 bits per heavy atom. The second-order valence-corrected chi connectivity index (χ2v) is 10.1. The summed E-state index contributed by atoms with van der Waals surface area (Å²) in [6, 6.07) is 7.54. The number of anilines is 2. The first-order valence-corrected chi connectivity index (χ1v) is 12.9. The maximum atomic E-state index is 13.4. The first-order chi connectivity index (χ1) is 18.2. The molecule has 0 unspecified atom stereocenters. The molecule has 0 spiro atoms. The molecule has 10 heteroatoms. The molecule has 0 aromatic carbocycles. The van der Waals surface area contributed by atoms with Gasteiger partial charge in [0.15, 0.2) is 0 Å². The van der Waals surface area contributed by atoms with Crippen LogP contribution in [0.2, 0.25) is 0 Å². The standard InChI is InChI=1S/C28H36N8O2/c1-17(2)32-26-22(14-29)21(27(37)31-16-23-18(3)12-19(4)33-28(23)38)13-24(34-26)20-6-7-25(30-15-20)36-10-8-35(5)9-11-36/h6-7,12-15,17,29H,8-11,16H2,1-5H3,(H,31,37)(H,32,34)(H,33,38). The van der Waals surface area contributed by atoms with Crippen LogP contribution in [-0.2, 0) is 6.54 Å².